The highest BCUT2D eigenvalue weighted by Gasteiger charge is 1.91. The van der Waals surface area contributed by atoms with Crippen LogP contribution in [-0.4, -0.2) is 13.2 Å². The molecule has 0 aliphatic carbocycles. The van der Waals surface area contributed by atoms with E-state index >= 15 is 0 Å². The lowest BCUT2D eigenvalue weighted by atomic mass is 10.1. The molecule has 0 aliphatic rings. The van der Waals surface area contributed by atoms with Gasteiger partial charge in [0.2, 0.25) is 0 Å². The minimum atomic E-state index is 0.609. The zero-order valence-corrected chi connectivity index (χ0v) is 6.52. The van der Waals surface area contributed by atoms with Gasteiger partial charge in [0.05, 0.1) is 0 Å². The van der Waals surface area contributed by atoms with Gasteiger partial charge in [-0.3, -0.25) is 0 Å². The second kappa shape index (κ2) is 6.09. The van der Waals surface area contributed by atoms with Crippen LogP contribution in [0.2, 0.25) is 0 Å². The van der Waals surface area contributed by atoms with E-state index in [0.29, 0.717) is 6.61 Å². The van der Waals surface area contributed by atoms with Crippen LogP contribution in [0.4, 0.5) is 0 Å². The minimum absolute atomic E-state index is 0.609. The van der Waals surface area contributed by atoms with Gasteiger partial charge in [-0.15, -0.1) is 0 Å². The van der Waals surface area contributed by atoms with E-state index < -0.39 is 0 Å². The Labute approximate surface area is 58.4 Å². The molecule has 0 unspecified atom stereocenters. The standard InChI is InChI=1S/C8H17O/c1-4-9-7-5-6-8(2)3/h8H,1,4-7H2,2-3H3. The van der Waals surface area contributed by atoms with E-state index in [1.165, 1.54) is 12.8 Å². The molecule has 0 aromatic heterocycles. The number of rotatable bonds is 5. The van der Waals surface area contributed by atoms with Crippen LogP contribution in [0.3, 0.4) is 0 Å². The van der Waals surface area contributed by atoms with Crippen molar-refractivity contribution in [1.29, 1.82) is 0 Å². The maximum Gasteiger partial charge on any atom is 0.0466 e. The van der Waals surface area contributed by atoms with Gasteiger partial charge >= 0.3 is 0 Å². The first-order valence-electron chi connectivity index (χ1n) is 3.64. The Bertz CT molecular complexity index is 50.5. The van der Waals surface area contributed by atoms with Gasteiger partial charge in [0.15, 0.2) is 0 Å². The third-order valence-corrected chi connectivity index (χ3v) is 1.21. The number of hydrogen-bond donors (Lipinski definition) is 0. The zero-order valence-electron chi connectivity index (χ0n) is 6.52. The summed E-state index contributed by atoms with van der Waals surface area (Å²) in [7, 11) is 0. The molecule has 9 heavy (non-hydrogen) atoms. The first-order chi connectivity index (χ1) is 4.27. The fourth-order valence-electron chi connectivity index (χ4n) is 0.696. The molecule has 0 amide bonds. The van der Waals surface area contributed by atoms with Crippen LogP contribution >= 0.6 is 0 Å². The van der Waals surface area contributed by atoms with E-state index in [1.54, 1.807) is 0 Å². The molecule has 0 fully saturated rings. The summed E-state index contributed by atoms with van der Waals surface area (Å²) in [6.45, 7) is 9.52. The van der Waals surface area contributed by atoms with Crippen molar-refractivity contribution in [3.8, 4) is 0 Å². The molecule has 0 rings (SSSR count). The lowest BCUT2D eigenvalue weighted by molar-refractivity contribution is 0.153. The Hall–Kier alpha value is -0.0400. The summed E-state index contributed by atoms with van der Waals surface area (Å²) in [5.41, 5.74) is 0. The van der Waals surface area contributed by atoms with Crippen LogP contribution in [0.5, 0.6) is 0 Å². The van der Waals surface area contributed by atoms with Crippen LogP contribution in [0, 0.1) is 12.8 Å². The molecule has 0 aromatic rings. The Morgan fingerprint density at radius 3 is 2.56 bits per heavy atom. The first kappa shape index (κ1) is 8.96. The molecular weight excluding hydrogens is 112 g/mol. The fourth-order valence-corrected chi connectivity index (χ4v) is 0.696. The van der Waals surface area contributed by atoms with Crippen molar-refractivity contribution in [2.24, 2.45) is 5.92 Å². The molecule has 55 valence electrons. The maximum absolute atomic E-state index is 5.07. The Morgan fingerprint density at radius 2 is 2.11 bits per heavy atom. The lowest BCUT2D eigenvalue weighted by Crippen LogP contribution is -1.95. The lowest BCUT2D eigenvalue weighted by Gasteiger charge is -2.02. The quantitative estimate of drug-likeness (QED) is 0.517. The molecular formula is C8H17O. The van der Waals surface area contributed by atoms with Crippen molar-refractivity contribution < 1.29 is 4.74 Å². The normalized spacial score (nSPS) is 10.7. The highest BCUT2D eigenvalue weighted by Crippen LogP contribution is 2.02. The molecule has 0 N–H and O–H groups in total. The van der Waals surface area contributed by atoms with Crippen molar-refractivity contribution >= 4 is 0 Å². The third-order valence-electron chi connectivity index (χ3n) is 1.21. The first-order valence-corrected chi connectivity index (χ1v) is 3.64. The fraction of sp³-hybridized carbons (Fsp3) is 0.875. The van der Waals surface area contributed by atoms with Crippen LogP contribution in [-0.2, 0) is 4.74 Å². The molecule has 1 nitrogen and oxygen atoms in total. The predicted molar refractivity (Wildman–Crippen MR) is 40.2 cm³/mol. The molecule has 0 bridgehead atoms. The predicted octanol–water partition coefficient (Wildman–Crippen LogP) is 2.27. The molecule has 1 radical (unpaired) electrons. The average Bonchev–Trinajstić information content (AvgIpc) is 1.80. The van der Waals surface area contributed by atoms with Crippen molar-refractivity contribution in [2.45, 2.75) is 26.7 Å². The van der Waals surface area contributed by atoms with Gasteiger partial charge in [-0.1, -0.05) is 13.8 Å². The molecule has 0 saturated heterocycles. The van der Waals surface area contributed by atoms with Gasteiger partial charge in [0.1, 0.15) is 0 Å². The van der Waals surface area contributed by atoms with Gasteiger partial charge in [-0.05, 0) is 25.7 Å². The van der Waals surface area contributed by atoms with Crippen molar-refractivity contribution in [1.82, 2.24) is 0 Å². The van der Waals surface area contributed by atoms with Crippen molar-refractivity contribution in [3.63, 3.8) is 0 Å². The van der Waals surface area contributed by atoms with Crippen LogP contribution in [0.1, 0.15) is 26.7 Å². The van der Waals surface area contributed by atoms with E-state index in [4.69, 9.17) is 4.74 Å². The summed E-state index contributed by atoms with van der Waals surface area (Å²) in [5, 5.41) is 0. The van der Waals surface area contributed by atoms with Gasteiger partial charge in [0.25, 0.3) is 0 Å². The Balaban J connectivity index is 2.75. The van der Waals surface area contributed by atoms with Gasteiger partial charge in [-0.25, -0.2) is 0 Å². The molecule has 0 heterocycles. The van der Waals surface area contributed by atoms with E-state index in [9.17, 15) is 0 Å². The summed E-state index contributed by atoms with van der Waals surface area (Å²) in [6.07, 6.45) is 2.44. The van der Waals surface area contributed by atoms with E-state index in [-0.39, 0.29) is 0 Å². The average molecular weight is 129 g/mol. The van der Waals surface area contributed by atoms with Crippen LogP contribution < -0.4 is 0 Å². The highest BCUT2D eigenvalue weighted by molar-refractivity contribution is 4.44. The topological polar surface area (TPSA) is 9.23 Å². The van der Waals surface area contributed by atoms with Crippen LogP contribution in [0.15, 0.2) is 0 Å². The summed E-state index contributed by atoms with van der Waals surface area (Å²) < 4.78 is 5.07. The molecule has 0 atom stereocenters. The smallest absolute Gasteiger partial charge is 0.0466 e. The summed E-state index contributed by atoms with van der Waals surface area (Å²) >= 11 is 0. The zero-order chi connectivity index (χ0) is 7.11. The summed E-state index contributed by atoms with van der Waals surface area (Å²) in [4.78, 5) is 0. The minimum Gasteiger partial charge on any atom is -0.381 e. The number of hydrogen-bond acceptors (Lipinski definition) is 1. The molecule has 1 heteroatoms. The molecule has 0 aromatic carbocycles. The SMILES string of the molecule is [CH2]COCCCC(C)C. The molecule has 0 spiro atoms. The van der Waals surface area contributed by atoms with Crippen molar-refractivity contribution in [3.05, 3.63) is 6.92 Å². The van der Waals surface area contributed by atoms with Crippen molar-refractivity contribution in [2.75, 3.05) is 13.2 Å². The van der Waals surface area contributed by atoms with Gasteiger partial charge in [0, 0.05) is 13.2 Å². The van der Waals surface area contributed by atoms with E-state index in [2.05, 4.69) is 20.8 Å². The second-order valence-electron chi connectivity index (χ2n) is 2.65. The second-order valence-corrected chi connectivity index (χ2v) is 2.65. The maximum atomic E-state index is 5.07. The molecule has 0 aliphatic heterocycles. The molecule has 0 saturated carbocycles. The largest absolute Gasteiger partial charge is 0.381 e. The highest BCUT2D eigenvalue weighted by atomic mass is 16.5. The Kier molecular flexibility index (Phi) is 6.06. The van der Waals surface area contributed by atoms with E-state index in [1.807, 2.05) is 0 Å². The van der Waals surface area contributed by atoms with Crippen LogP contribution in [0.25, 0.3) is 0 Å². The van der Waals surface area contributed by atoms with Gasteiger partial charge in [-0.2, -0.15) is 0 Å². The number of ether oxygens (including phenoxy) is 1. The summed E-state index contributed by atoms with van der Waals surface area (Å²) in [6, 6.07) is 0. The van der Waals surface area contributed by atoms with Gasteiger partial charge < -0.3 is 4.74 Å². The summed E-state index contributed by atoms with van der Waals surface area (Å²) in [5.74, 6) is 0.804. The monoisotopic (exact) mass is 129 g/mol. The Morgan fingerprint density at radius 1 is 1.44 bits per heavy atom. The van der Waals surface area contributed by atoms with E-state index in [0.717, 1.165) is 12.5 Å². The third kappa shape index (κ3) is 7.96.